The lowest BCUT2D eigenvalue weighted by Gasteiger charge is -2.20. The van der Waals surface area contributed by atoms with Crippen LogP contribution in [-0.4, -0.2) is 13.7 Å². The van der Waals surface area contributed by atoms with Gasteiger partial charge < -0.3 is 27.4 Å². The van der Waals surface area contributed by atoms with Gasteiger partial charge in [-0.2, -0.15) is 0 Å². The van der Waals surface area contributed by atoms with E-state index >= 15 is 13.7 Å². The fourth-order valence-corrected chi connectivity index (χ4v) is 21.4. The van der Waals surface area contributed by atoms with Gasteiger partial charge in [0.05, 0.1) is 33.1 Å². The van der Waals surface area contributed by atoms with Crippen LogP contribution in [0.3, 0.4) is 0 Å². The third kappa shape index (κ3) is 8.28. The van der Waals surface area contributed by atoms with Gasteiger partial charge >= 0.3 is 0 Å². The molecule has 16 rings (SSSR count). The molecule has 0 aliphatic heterocycles. The largest absolute Gasteiger partial charge is 0.309 e. The molecule has 0 unspecified atom stereocenters. The first kappa shape index (κ1) is 52.5. The van der Waals surface area contributed by atoms with Gasteiger partial charge in [-0.1, -0.05) is 218 Å². The molecule has 9 heteroatoms. The van der Waals surface area contributed by atoms with Crippen LogP contribution in [0.15, 0.2) is 328 Å². The zero-order valence-electron chi connectivity index (χ0n) is 47.1. The maximum Gasteiger partial charge on any atom is 0.171 e. The summed E-state index contributed by atoms with van der Waals surface area (Å²) in [4.78, 5) is 0. The molecule has 87 heavy (non-hydrogen) atoms. The molecule has 0 saturated heterocycles. The van der Waals surface area contributed by atoms with Crippen LogP contribution in [0.5, 0.6) is 0 Å². The van der Waals surface area contributed by atoms with E-state index in [-0.39, 0.29) is 0 Å². The Kier molecular flexibility index (Phi) is 12.6. The average molecular weight is 1170 g/mol. The van der Waals surface area contributed by atoms with Crippen LogP contribution in [0, 0.1) is 0 Å². The van der Waals surface area contributed by atoms with E-state index in [9.17, 15) is 0 Å². The number of hydrogen-bond acceptors (Lipinski definition) is 3. The van der Waals surface area contributed by atoms with Crippen molar-refractivity contribution >= 4 is 135 Å². The fraction of sp³-hybridized carbons (Fsp3) is 0. The van der Waals surface area contributed by atoms with Crippen molar-refractivity contribution in [3.05, 3.63) is 328 Å². The van der Waals surface area contributed by atoms with Crippen molar-refractivity contribution in [2.45, 2.75) is 0 Å². The number of para-hydroxylation sites is 2. The highest BCUT2D eigenvalue weighted by atomic mass is 31.2. The molecule has 0 aliphatic rings. The number of hydrogen-bond donors (Lipinski definition) is 0. The van der Waals surface area contributed by atoms with E-state index in [0.29, 0.717) is 10.6 Å². The monoisotopic (exact) mass is 1170 g/mol. The van der Waals surface area contributed by atoms with E-state index in [1.807, 2.05) is 206 Å². The zero-order valence-corrected chi connectivity index (χ0v) is 49.8. The molecule has 3 aromatic heterocycles. The highest BCUT2D eigenvalue weighted by Crippen LogP contribution is 2.48. The Morgan fingerprint density at radius 2 is 0.391 bits per heavy atom. The van der Waals surface area contributed by atoms with Crippen molar-refractivity contribution in [3.63, 3.8) is 0 Å². The Morgan fingerprint density at radius 3 is 0.724 bits per heavy atom. The minimum atomic E-state index is -3.43. The number of rotatable bonds is 12. The van der Waals surface area contributed by atoms with Crippen molar-refractivity contribution < 1.29 is 13.7 Å². The van der Waals surface area contributed by atoms with E-state index in [4.69, 9.17) is 0 Å². The topological polar surface area (TPSA) is 66.0 Å². The van der Waals surface area contributed by atoms with E-state index in [1.165, 1.54) is 10.8 Å². The first-order chi connectivity index (χ1) is 42.8. The number of fused-ring (bicyclic) bond motifs is 9. The predicted molar refractivity (Wildman–Crippen MR) is 368 cm³/mol. The zero-order chi connectivity index (χ0) is 58.3. The second-order valence-electron chi connectivity index (χ2n) is 22.2. The summed E-state index contributed by atoms with van der Waals surface area (Å²) in [5.41, 5.74) is 8.98. The SMILES string of the molecule is O=P(c1ccccc1)(c1ccccc1)c1ccc(-n2c3ccc(-n4c5ccccc5c5ccccc54)cc3c3cc(-n4c5ccc(P(=O)(c6ccccc6)c6ccccc6)cc5c5cc(P(=O)(c6ccccc6)c6ccccc6)ccc54)ccc32)cc1. The summed E-state index contributed by atoms with van der Waals surface area (Å²) >= 11 is 0. The molecule has 0 aliphatic carbocycles. The summed E-state index contributed by atoms with van der Waals surface area (Å²) in [6, 6.07) is 110. The van der Waals surface area contributed by atoms with Crippen LogP contribution < -0.4 is 47.7 Å². The molecule has 3 heterocycles. The molecular formula is C78H54N3O3P3. The molecule has 0 saturated carbocycles. The third-order valence-electron chi connectivity index (χ3n) is 17.5. The first-order valence-electron chi connectivity index (χ1n) is 29.2. The third-order valence-corrected chi connectivity index (χ3v) is 26.7. The maximum atomic E-state index is 16.2. The smallest absolute Gasteiger partial charge is 0.171 e. The molecule has 0 atom stereocenters. The van der Waals surface area contributed by atoms with Crippen LogP contribution >= 0.6 is 21.4 Å². The van der Waals surface area contributed by atoms with Crippen LogP contribution in [0.2, 0.25) is 0 Å². The van der Waals surface area contributed by atoms with Crippen molar-refractivity contribution in [1.82, 2.24) is 13.7 Å². The summed E-state index contributed by atoms with van der Waals surface area (Å²) < 4.78 is 55.2. The van der Waals surface area contributed by atoms with E-state index in [0.717, 1.165) is 109 Å². The number of nitrogens with zero attached hydrogens (tertiary/aromatic N) is 3. The number of benzene rings is 13. The summed E-state index contributed by atoms with van der Waals surface area (Å²) in [6.07, 6.45) is 0. The second-order valence-corrected chi connectivity index (χ2v) is 30.5. The molecule has 6 nitrogen and oxygen atoms in total. The van der Waals surface area contributed by atoms with Gasteiger partial charge in [0.1, 0.15) is 0 Å². The Hall–Kier alpha value is -10.1. The summed E-state index contributed by atoms with van der Waals surface area (Å²) in [6.45, 7) is 0. The maximum absolute atomic E-state index is 16.2. The lowest BCUT2D eigenvalue weighted by atomic mass is 10.1. The van der Waals surface area contributed by atoms with Gasteiger partial charge in [0.2, 0.25) is 0 Å². The molecule has 13 aromatic carbocycles. The standard InChI is InChI=1S/C78H54N3O3P3/c82-85(58-23-7-1-8-24-58,59-25-9-2-10-26-59)64-43-39-55(40-44-64)79-75-47-41-56(80-73-37-21-19-35-67(73)68-36-20-22-38-74(68)80)51-69(75)70-52-57(42-48-76(70)79)81-77-49-45-65(86(83,60-27-11-3-12-28-60)61-29-13-4-14-30-61)53-71(77)72-54-66(46-50-78(72)81)87(84,62-31-15-5-16-32-62)63-33-17-6-18-34-63/h1-54H. The highest BCUT2D eigenvalue weighted by Gasteiger charge is 2.34. The van der Waals surface area contributed by atoms with Crippen LogP contribution in [-0.2, 0) is 13.7 Å². The van der Waals surface area contributed by atoms with E-state index < -0.39 is 21.4 Å². The van der Waals surface area contributed by atoms with Gasteiger partial charge in [-0.3, -0.25) is 0 Å². The van der Waals surface area contributed by atoms with Gasteiger partial charge in [-0.05, 0) is 109 Å². The van der Waals surface area contributed by atoms with Gasteiger partial charge in [-0.25, -0.2) is 0 Å². The quantitative estimate of drug-likeness (QED) is 0.115. The van der Waals surface area contributed by atoms with Gasteiger partial charge in [0.15, 0.2) is 21.4 Å². The van der Waals surface area contributed by atoms with Crippen LogP contribution in [0.4, 0.5) is 0 Å². The van der Waals surface area contributed by atoms with E-state index in [1.54, 1.807) is 0 Å². The molecule has 0 radical (unpaired) electrons. The molecule has 0 bridgehead atoms. The lowest BCUT2D eigenvalue weighted by Crippen LogP contribution is -2.25. The Morgan fingerprint density at radius 1 is 0.172 bits per heavy atom. The summed E-state index contributed by atoms with van der Waals surface area (Å²) in [5.74, 6) is 0. The Bertz CT molecular complexity index is 5140. The second kappa shape index (κ2) is 20.9. The molecular weight excluding hydrogens is 1120 g/mol. The van der Waals surface area contributed by atoms with Crippen LogP contribution in [0.1, 0.15) is 0 Å². The fourth-order valence-electron chi connectivity index (χ4n) is 13.4. The molecule has 0 N–H and O–H groups in total. The normalized spacial score (nSPS) is 12.3. The Labute approximate surface area is 503 Å². The molecule has 0 spiro atoms. The van der Waals surface area contributed by atoms with Crippen LogP contribution in [0.25, 0.3) is 82.5 Å². The lowest BCUT2D eigenvalue weighted by molar-refractivity contribution is 0.591. The summed E-state index contributed by atoms with van der Waals surface area (Å²) in [7, 11) is -10.1. The predicted octanol–water partition coefficient (Wildman–Crippen LogP) is 15.9. The van der Waals surface area contributed by atoms with Gasteiger partial charge in [0.25, 0.3) is 0 Å². The van der Waals surface area contributed by atoms with Crippen molar-refractivity contribution in [2.75, 3.05) is 0 Å². The van der Waals surface area contributed by atoms with Crippen molar-refractivity contribution in [3.8, 4) is 17.1 Å². The molecule has 0 fully saturated rings. The molecule has 16 aromatic rings. The highest BCUT2D eigenvalue weighted by molar-refractivity contribution is 7.86. The Balaban J connectivity index is 0.950. The minimum absolute atomic E-state index is 0.706. The number of aromatic nitrogens is 3. The first-order valence-corrected chi connectivity index (χ1v) is 34.3. The average Bonchev–Trinajstić information content (AvgIpc) is 1.79. The van der Waals surface area contributed by atoms with Gasteiger partial charge in [-0.15, -0.1) is 0 Å². The van der Waals surface area contributed by atoms with Crippen molar-refractivity contribution in [2.24, 2.45) is 0 Å². The summed E-state index contributed by atoms with van der Waals surface area (Å²) in [5, 5.41) is 13.0. The molecule has 414 valence electrons. The van der Waals surface area contributed by atoms with Crippen molar-refractivity contribution in [1.29, 1.82) is 0 Å². The van der Waals surface area contributed by atoms with Gasteiger partial charge in [0, 0.05) is 97.1 Å². The molecule has 0 amide bonds. The van der Waals surface area contributed by atoms with E-state index in [2.05, 4.69) is 135 Å². The minimum Gasteiger partial charge on any atom is -0.309 e.